The second-order valence-electron chi connectivity index (χ2n) is 6.31. The van der Waals surface area contributed by atoms with Crippen LogP contribution in [0.2, 0.25) is 0 Å². The maximum absolute atomic E-state index is 5.99. The molecule has 0 saturated heterocycles. The third kappa shape index (κ3) is 3.58. The van der Waals surface area contributed by atoms with Crippen molar-refractivity contribution in [2.75, 3.05) is 0 Å². The minimum atomic E-state index is 0.158. The highest BCUT2D eigenvalue weighted by Crippen LogP contribution is 2.28. The Balaban J connectivity index is 4.94. The van der Waals surface area contributed by atoms with Crippen LogP contribution < -0.4 is 5.73 Å². The molecule has 2 heteroatoms. The molecule has 0 aromatic rings. The van der Waals surface area contributed by atoms with Gasteiger partial charge in [0.05, 0.1) is 0 Å². The fourth-order valence-electron chi connectivity index (χ4n) is 2.46. The molecule has 2 nitrogen and oxygen atoms in total. The number of rotatable bonds is 2. The summed E-state index contributed by atoms with van der Waals surface area (Å²) >= 11 is 0. The highest BCUT2D eigenvalue weighted by molar-refractivity contribution is 4.92. The van der Waals surface area contributed by atoms with E-state index in [1.807, 2.05) is 0 Å². The fourth-order valence-corrected chi connectivity index (χ4v) is 2.46. The van der Waals surface area contributed by atoms with Crippen LogP contribution in [0.1, 0.15) is 55.4 Å². The summed E-state index contributed by atoms with van der Waals surface area (Å²) in [6.07, 6.45) is 0. The largest absolute Gasteiger partial charge is 0.327 e. The van der Waals surface area contributed by atoms with Crippen molar-refractivity contribution in [3.8, 4) is 0 Å². The molecule has 0 bridgehead atoms. The van der Waals surface area contributed by atoms with Crippen molar-refractivity contribution in [1.29, 1.82) is 0 Å². The molecule has 0 rings (SSSR count). The molecule has 0 heterocycles. The van der Waals surface area contributed by atoms with Crippen LogP contribution >= 0.6 is 0 Å². The number of nitrogens with two attached hydrogens (primary N) is 1. The van der Waals surface area contributed by atoms with Crippen LogP contribution in [-0.4, -0.2) is 28.1 Å². The van der Waals surface area contributed by atoms with Crippen molar-refractivity contribution in [2.24, 2.45) is 5.73 Å². The molecule has 0 aromatic heterocycles. The van der Waals surface area contributed by atoms with Gasteiger partial charge < -0.3 is 5.73 Å². The first kappa shape index (κ1) is 13.9. The van der Waals surface area contributed by atoms with Crippen molar-refractivity contribution >= 4 is 0 Å². The third-order valence-electron chi connectivity index (χ3n) is 2.61. The maximum atomic E-state index is 5.99. The number of nitrogens with zero attached hydrogens (tertiary/aromatic N) is 1. The smallest absolute Gasteiger partial charge is 0.0226 e. The van der Waals surface area contributed by atoms with E-state index >= 15 is 0 Å². The number of hydrogen-bond acceptors (Lipinski definition) is 2. The minimum absolute atomic E-state index is 0.158. The van der Waals surface area contributed by atoms with Gasteiger partial charge in [-0.15, -0.1) is 0 Å². The quantitative estimate of drug-likeness (QED) is 0.742. The molecule has 14 heavy (non-hydrogen) atoms. The first-order valence-corrected chi connectivity index (χ1v) is 5.53. The number of hydrogen-bond donors (Lipinski definition) is 1. The van der Waals surface area contributed by atoms with Gasteiger partial charge >= 0.3 is 0 Å². The van der Waals surface area contributed by atoms with Crippen LogP contribution in [0.5, 0.6) is 0 Å². The summed E-state index contributed by atoms with van der Waals surface area (Å²) in [7, 11) is 0. The lowest BCUT2D eigenvalue weighted by molar-refractivity contribution is -0.00601. The summed E-state index contributed by atoms with van der Waals surface area (Å²) in [5, 5.41) is 0. The molecule has 0 spiro atoms. The molecule has 0 radical (unpaired) electrons. The molecule has 0 aliphatic rings. The van der Waals surface area contributed by atoms with Crippen LogP contribution in [0.15, 0.2) is 0 Å². The van der Waals surface area contributed by atoms with Gasteiger partial charge in [0.1, 0.15) is 0 Å². The van der Waals surface area contributed by atoms with E-state index in [-0.39, 0.29) is 17.1 Å². The monoisotopic (exact) mass is 200 g/mol. The van der Waals surface area contributed by atoms with Crippen molar-refractivity contribution < 1.29 is 0 Å². The highest BCUT2D eigenvalue weighted by atomic mass is 15.3. The third-order valence-corrected chi connectivity index (χ3v) is 2.61. The molecular formula is C12H28N2. The van der Waals surface area contributed by atoms with Crippen molar-refractivity contribution in [3.63, 3.8) is 0 Å². The predicted octanol–water partition coefficient (Wildman–Crippen LogP) is 2.62. The van der Waals surface area contributed by atoms with Crippen LogP contribution in [0, 0.1) is 0 Å². The normalized spacial score (nSPS) is 18.4. The summed E-state index contributed by atoms with van der Waals surface area (Å²) in [5.74, 6) is 0. The molecule has 0 amide bonds. The second-order valence-corrected chi connectivity index (χ2v) is 6.31. The summed E-state index contributed by atoms with van der Waals surface area (Å²) in [6, 6.07) is 0.600. The lowest BCUT2D eigenvalue weighted by atomic mass is 9.91. The maximum Gasteiger partial charge on any atom is 0.0226 e. The predicted molar refractivity (Wildman–Crippen MR) is 64.5 cm³/mol. The highest BCUT2D eigenvalue weighted by Gasteiger charge is 2.36. The van der Waals surface area contributed by atoms with Crippen LogP contribution in [0.25, 0.3) is 0 Å². The van der Waals surface area contributed by atoms with E-state index in [9.17, 15) is 0 Å². The van der Waals surface area contributed by atoms with E-state index in [4.69, 9.17) is 5.73 Å². The molecule has 2 unspecified atom stereocenters. The van der Waals surface area contributed by atoms with Gasteiger partial charge in [0.25, 0.3) is 0 Å². The summed E-state index contributed by atoms with van der Waals surface area (Å²) in [4.78, 5) is 2.49. The molecule has 0 fully saturated rings. The Morgan fingerprint density at radius 2 is 1.14 bits per heavy atom. The van der Waals surface area contributed by atoms with E-state index in [1.165, 1.54) is 0 Å². The molecular weight excluding hydrogens is 172 g/mol. The van der Waals surface area contributed by atoms with Gasteiger partial charge in [0.2, 0.25) is 0 Å². The SMILES string of the molecule is CC(N)C(C)N(C(C)(C)C)C(C)(C)C. The van der Waals surface area contributed by atoms with Crippen molar-refractivity contribution in [3.05, 3.63) is 0 Å². The van der Waals surface area contributed by atoms with E-state index < -0.39 is 0 Å². The van der Waals surface area contributed by atoms with Gasteiger partial charge in [-0.1, -0.05) is 0 Å². The van der Waals surface area contributed by atoms with Gasteiger partial charge in [-0.25, -0.2) is 0 Å². The van der Waals surface area contributed by atoms with Crippen molar-refractivity contribution in [1.82, 2.24) is 4.90 Å². The molecule has 0 aromatic carbocycles. The first-order valence-electron chi connectivity index (χ1n) is 5.53. The van der Waals surface area contributed by atoms with Crippen molar-refractivity contribution in [2.45, 2.75) is 78.6 Å². The molecule has 2 atom stereocenters. The molecule has 2 N–H and O–H groups in total. The Labute approximate surface area is 89.9 Å². The fraction of sp³-hybridized carbons (Fsp3) is 1.00. The van der Waals surface area contributed by atoms with Gasteiger partial charge in [-0.3, -0.25) is 4.90 Å². The summed E-state index contributed by atoms with van der Waals surface area (Å²) in [5.41, 5.74) is 6.30. The van der Waals surface area contributed by atoms with Gasteiger partial charge in [-0.2, -0.15) is 0 Å². The second kappa shape index (κ2) is 4.19. The standard InChI is InChI=1S/C12H28N2/c1-9(13)10(2)14(11(3,4)5)12(6,7)8/h9-10H,13H2,1-8H3. The zero-order chi connectivity index (χ0) is 11.7. The molecule has 86 valence electrons. The molecule has 0 aliphatic carbocycles. The zero-order valence-corrected chi connectivity index (χ0v) is 11.2. The van der Waals surface area contributed by atoms with Crippen LogP contribution in [0.3, 0.4) is 0 Å². The average molecular weight is 200 g/mol. The minimum Gasteiger partial charge on any atom is -0.327 e. The topological polar surface area (TPSA) is 29.3 Å². The zero-order valence-electron chi connectivity index (χ0n) is 11.2. The Bertz CT molecular complexity index is 158. The van der Waals surface area contributed by atoms with Gasteiger partial charge in [0, 0.05) is 23.2 Å². The lowest BCUT2D eigenvalue weighted by Gasteiger charge is -2.50. The Kier molecular flexibility index (Phi) is 4.17. The van der Waals surface area contributed by atoms with E-state index in [0.717, 1.165) is 0 Å². The Morgan fingerprint density at radius 3 is 1.21 bits per heavy atom. The Morgan fingerprint density at radius 1 is 0.857 bits per heavy atom. The van der Waals surface area contributed by atoms with Crippen LogP contribution in [-0.2, 0) is 0 Å². The van der Waals surface area contributed by atoms with Gasteiger partial charge in [0.15, 0.2) is 0 Å². The molecule has 0 saturated carbocycles. The summed E-state index contributed by atoms with van der Waals surface area (Å²) in [6.45, 7) is 17.8. The Hall–Kier alpha value is -0.0800. The van der Waals surface area contributed by atoms with E-state index in [0.29, 0.717) is 6.04 Å². The van der Waals surface area contributed by atoms with E-state index in [1.54, 1.807) is 0 Å². The summed E-state index contributed by atoms with van der Waals surface area (Å²) < 4.78 is 0. The molecule has 0 aliphatic heterocycles. The van der Waals surface area contributed by atoms with Gasteiger partial charge in [-0.05, 0) is 55.4 Å². The lowest BCUT2D eigenvalue weighted by Crippen LogP contribution is -2.60. The average Bonchev–Trinajstić information content (AvgIpc) is 1.79. The van der Waals surface area contributed by atoms with Crippen LogP contribution in [0.4, 0.5) is 0 Å². The first-order chi connectivity index (χ1) is 5.98. The van der Waals surface area contributed by atoms with E-state index in [2.05, 4.69) is 60.3 Å².